The largest absolute Gasteiger partial charge is 0.362 e. The fraction of sp³-hybridized carbons (Fsp3) is 0.556. The highest BCUT2D eigenvalue weighted by Crippen LogP contribution is 2.24. The van der Waals surface area contributed by atoms with Crippen molar-refractivity contribution in [1.82, 2.24) is 10.2 Å². The van der Waals surface area contributed by atoms with Crippen LogP contribution in [0.5, 0.6) is 0 Å². The molecule has 1 aromatic carbocycles. The summed E-state index contributed by atoms with van der Waals surface area (Å²) in [6.45, 7) is 2.91. The van der Waals surface area contributed by atoms with Gasteiger partial charge in [-0.2, -0.15) is 0 Å². The molecule has 1 atom stereocenters. The van der Waals surface area contributed by atoms with Gasteiger partial charge in [0.2, 0.25) is 0 Å². The average Bonchev–Trinajstić information content (AvgIpc) is 2.60. The number of hydrogen-bond donors (Lipinski definition) is 1. The first-order valence-corrected chi connectivity index (χ1v) is 8.31. The summed E-state index contributed by atoms with van der Waals surface area (Å²) in [4.78, 5) is 26.6. The van der Waals surface area contributed by atoms with Crippen LogP contribution in [0.1, 0.15) is 41.3 Å². The van der Waals surface area contributed by atoms with E-state index in [-0.39, 0.29) is 18.4 Å². The highest BCUT2D eigenvalue weighted by atomic mass is 16.5. The third-order valence-corrected chi connectivity index (χ3v) is 4.86. The number of aryl methyl sites for hydroxylation is 2. The Morgan fingerprint density at radius 3 is 2.70 bits per heavy atom. The van der Waals surface area contributed by atoms with Crippen LogP contribution in [-0.2, 0) is 22.4 Å². The van der Waals surface area contributed by atoms with E-state index in [2.05, 4.69) is 11.4 Å². The first kappa shape index (κ1) is 16.0. The number of rotatable bonds is 2. The van der Waals surface area contributed by atoms with Crippen LogP contribution < -0.4 is 5.32 Å². The van der Waals surface area contributed by atoms with Gasteiger partial charge in [0.15, 0.2) is 5.60 Å². The van der Waals surface area contributed by atoms with Gasteiger partial charge in [0.1, 0.15) is 0 Å². The molecular weight excluding hydrogens is 292 g/mol. The molecule has 5 nitrogen and oxygen atoms in total. The highest BCUT2D eigenvalue weighted by molar-refractivity contribution is 5.95. The van der Waals surface area contributed by atoms with Gasteiger partial charge in [0.25, 0.3) is 11.8 Å². The fourth-order valence-electron chi connectivity index (χ4n) is 3.49. The maximum Gasteiger partial charge on any atom is 0.254 e. The number of benzene rings is 1. The molecule has 1 heterocycles. The van der Waals surface area contributed by atoms with Crippen molar-refractivity contribution < 1.29 is 14.3 Å². The summed E-state index contributed by atoms with van der Waals surface area (Å²) in [5.41, 5.74) is 2.40. The molecule has 1 aromatic rings. The number of nitrogens with zero attached hydrogens (tertiary/aromatic N) is 1. The molecule has 0 saturated carbocycles. The van der Waals surface area contributed by atoms with Gasteiger partial charge >= 0.3 is 0 Å². The van der Waals surface area contributed by atoms with Crippen LogP contribution in [-0.4, -0.2) is 49.1 Å². The topological polar surface area (TPSA) is 58.6 Å². The summed E-state index contributed by atoms with van der Waals surface area (Å²) < 4.78 is 5.62. The van der Waals surface area contributed by atoms with E-state index in [9.17, 15) is 9.59 Å². The van der Waals surface area contributed by atoms with Crippen molar-refractivity contribution >= 4 is 11.8 Å². The summed E-state index contributed by atoms with van der Waals surface area (Å²) in [6.07, 6.45) is 4.58. The molecule has 2 aliphatic rings. The molecule has 0 unspecified atom stereocenters. The van der Waals surface area contributed by atoms with E-state index in [0.29, 0.717) is 18.7 Å². The van der Waals surface area contributed by atoms with Gasteiger partial charge in [-0.05, 0) is 55.9 Å². The van der Waals surface area contributed by atoms with E-state index in [1.165, 1.54) is 24.0 Å². The zero-order valence-corrected chi connectivity index (χ0v) is 13.9. The number of carbonyl (C=O) groups is 2. The molecule has 23 heavy (non-hydrogen) atoms. The molecule has 0 radical (unpaired) electrons. The van der Waals surface area contributed by atoms with Crippen LogP contribution in [0.25, 0.3) is 0 Å². The van der Waals surface area contributed by atoms with Crippen LogP contribution in [0, 0.1) is 0 Å². The average molecular weight is 316 g/mol. The van der Waals surface area contributed by atoms with Crippen LogP contribution in [0.15, 0.2) is 18.2 Å². The zero-order chi connectivity index (χ0) is 16.4. The summed E-state index contributed by atoms with van der Waals surface area (Å²) in [5.74, 6) is -0.211. The first-order valence-electron chi connectivity index (χ1n) is 8.31. The highest BCUT2D eigenvalue weighted by Gasteiger charge is 2.40. The molecule has 0 aromatic heterocycles. The van der Waals surface area contributed by atoms with Gasteiger partial charge in [-0.15, -0.1) is 0 Å². The number of ether oxygens (including phenoxy) is 1. The Labute approximate surface area is 137 Å². The van der Waals surface area contributed by atoms with E-state index in [0.717, 1.165) is 12.8 Å². The van der Waals surface area contributed by atoms with Gasteiger partial charge in [-0.1, -0.05) is 6.07 Å². The first-order chi connectivity index (χ1) is 11.0. The lowest BCUT2D eigenvalue weighted by molar-refractivity contribution is -0.153. The van der Waals surface area contributed by atoms with Crippen molar-refractivity contribution in [3.63, 3.8) is 0 Å². The molecule has 3 rings (SSSR count). The number of likely N-dealkylation sites (N-methyl/N-ethyl adjacent to an activating group) is 1. The summed E-state index contributed by atoms with van der Waals surface area (Å²) in [7, 11) is 1.58. The predicted molar refractivity (Wildman–Crippen MR) is 87.4 cm³/mol. The SMILES string of the molecule is CNC(=O)[C@]1(C)CN(C(=O)c2ccc3c(c2)CCCC3)CCO1. The van der Waals surface area contributed by atoms with E-state index < -0.39 is 5.60 Å². The smallest absolute Gasteiger partial charge is 0.254 e. The Morgan fingerprint density at radius 1 is 1.22 bits per heavy atom. The lowest BCUT2D eigenvalue weighted by atomic mass is 9.90. The number of hydrogen-bond acceptors (Lipinski definition) is 3. The van der Waals surface area contributed by atoms with Crippen molar-refractivity contribution in [2.24, 2.45) is 0 Å². The lowest BCUT2D eigenvalue weighted by Gasteiger charge is -2.39. The number of amides is 2. The Kier molecular flexibility index (Phi) is 4.39. The number of carbonyl (C=O) groups excluding carboxylic acids is 2. The zero-order valence-electron chi connectivity index (χ0n) is 13.9. The molecule has 0 bridgehead atoms. The van der Waals surface area contributed by atoms with E-state index in [1.807, 2.05) is 12.1 Å². The molecular formula is C18H24N2O3. The summed E-state index contributed by atoms with van der Waals surface area (Å²) in [5, 5.41) is 2.61. The second-order valence-corrected chi connectivity index (χ2v) is 6.58. The maximum absolute atomic E-state index is 12.8. The van der Waals surface area contributed by atoms with Gasteiger partial charge in [0.05, 0.1) is 13.2 Å². The third-order valence-electron chi connectivity index (χ3n) is 4.86. The molecule has 0 spiro atoms. The van der Waals surface area contributed by atoms with Gasteiger partial charge in [-0.25, -0.2) is 0 Å². The van der Waals surface area contributed by atoms with E-state index >= 15 is 0 Å². The third kappa shape index (κ3) is 3.11. The standard InChI is InChI=1S/C18H24N2O3/c1-18(17(22)19-2)12-20(9-10-23-18)16(21)15-8-7-13-5-3-4-6-14(13)11-15/h7-8,11H,3-6,9-10,12H2,1-2H3,(H,19,22)/t18-/m0/s1. The number of fused-ring (bicyclic) bond motifs is 1. The van der Waals surface area contributed by atoms with Crippen molar-refractivity contribution in [2.45, 2.75) is 38.2 Å². The minimum Gasteiger partial charge on any atom is -0.362 e. The second kappa shape index (κ2) is 6.32. The number of morpholine rings is 1. The van der Waals surface area contributed by atoms with Gasteiger partial charge in [0, 0.05) is 19.2 Å². The molecule has 1 aliphatic carbocycles. The molecule has 2 amide bonds. The van der Waals surface area contributed by atoms with Crippen LogP contribution in [0.3, 0.4) is 0 Å². The fourth-order valence-corrected chi connectivity index (χ4v) is 3.49. The molecule has 1 saturated heterocycles. The quantitative estimate of drug-likeness (QED) is 0.900. The summed E-state index contributed by atoms with van der Waals surface area (Å²) in [6, 6.07) is 6.03. The van der Waals surface area contributed by atoms with Gasteiger partial charge in [-0.3, -0.25) is 9.59 Å². The van der Waals surface area contributed by atoms with Crippen LogP contribution in [0.2, 0.25) is 0 Å². The maximum atomic E-state index is 12.8. The van der Waals surface area contributed by atoms with Crippen molar-refractivity contribution in [3.05, 3.63) is 34.9 Å². The lowest BCUT2D eigenvalue weighted by Crippen LogP contribution is -2.58. The van der Waals surface area contributed by atoms with Crippen molar-refractivity contribution in [1.29, 1.82) is 0 Å². The predicted octanol–water partition coefficient (Wildman–Crippen LogP) is 1.54. The Bertz CT molecular complexity index is 629. The Morgan fingerprint density at radius 2 is 1.96 bits per heavy atom. The van der Waals surface area contributed by atoms with Crippen molar-refractivity contribution in [3.8, 4) is 0 Å². The van der Waals surface area contributed by atoms with Crippen LogP contribution >= 0.6 is 0 Å². The van der Waals surface area contributed by atoms with Crippen molar-refractivity contribution in [2.75, 3.05) is 26.7 Å². The van der Waals surface area contributed by atoms with Gasteiger partial charge < -0.3 is 15.0 Å². The molecule has 5 heteroatoms. The molecule has 1 N–H and O–H groups in total. The second-order valence-electron chi connectivity index (χ2n) is 6.58. The van der Waals surface area contributed by atoms with E-state index in [1.54, 1.807) is 18.9 Å². The van der Waals surface area contributed by atoms with Crippen LogP contribution in [0.4, 0.5) is 0 Å². The molecule has 124 valence electrons. The summed E-state index contributed by atoms with van der Waals surface area (Å²) >= 11 is 0. The molecule has 1 aliphatic heterocycles. The number of nitrogens with one attached hydrogen (secondary N) is 1. The minimum atomic E-state index is -0.975. The molecule has 1 fully saturated rings. The normalized spacial score (nSPS) is 24.0. The Hall–Kier alpha value is -1.88. The van der Waals surface area contributed by atoms with E-state index in [4.69, 9.17) is 4.74 Å². The Balaban J connectivity index is 1.78. The monoisotopic (exact) mass is 316 g/mol. The minimum absolute atomic E-state index is 0.0169.